The number of benzene rings is 1. The number of thiazole rings is 1. The largest absolute Gasteiger partial charge is 0.434 e. The van der Waals surface area contributed by atoms with Gasteiger partial charge in [0.15, 0.2) is 10.8 Å². The van der Waals surface area contributed by atoms with Crippen LogP contribution in [0.4, 0.5) is 18.3 Å². The lowest BCUT2D eigenvalue weighted by atomic mass is 9.92. The van der Waals surface area contributed by atoms with Crippen LogP contribution in [0.2, 0.25) is 0 Å². The highest BCUT2D eigenvalue weighted by molar-refractivity contribution is 7.89. The third kappa shape index (κ3) is 5.09. The topological polar surface area (TPSA) is 88.2 Å². The first-order chi connectivity index (χ1) is 13.1. The van der Waals surface area contributed by atoms with Crippen molar-refractivity contribution in [2.24, 2.45) is 0 Å². The first-order valence-electron chi connectivity index (χ1n) is 8.59. The molecule has 28 heavy (non-hydrogen) atoms. The Bertz CT molecular complexity index is 972. The number of nitrogens with one attached hydrogen (secondary N) is 2. The lowest BCUT2D eigenvalue weighted by molar-refractivity contribution is -0.140. The lowest BCUT2D eigenvalue weighted by Crippen LogP contribution is -2.28. The fourth-order valence-corrected chi connectivity index (χ4v) is 4.72. The van der Waals surface area contributed by atoms with Crippen molar-refractivity contribution in [1.82, 2.24) is 9.71 Å². The quantitative estimate of drug-likeness (QED) is 0.731. The molecule has 0 aliphatic heterocycles. The summed E-state index contributed by atoms with van der Waals surface area (Å²) in [4.78, 5) is 15.3. The van der Waals surface area contributed by atoms with Crippen LogP contribution in [-0.2, 0) is 33.8 Å². The smallest absolute Gasteiger partial charge is 0.302 e. The average Bonchev–Trinajstić information content (AvgIpc) is 3.10. The molecule has 1 heterocycles. The summed E-state index contributed by atoms with van der Waals surface area (Å²) in [5.41, 5.74) is 1.10. The summed E-state index contributed by atoms with van der Waals surface area (Å²) in [5.74, 6) is -0.629. The van der Waals surface area contributed by atoms with Gasteiger partial charge in [-0.05, 0) is 48.9 Å². The first-order valence-corrected chi connectivity index (χ1v) is 11.0. The van der Waals surface area contributed by atoms with E-state index >= 15 is 0 Å². The van der Waals surface area contributed by atoms with Crippen LogP contribution in [0.5, 0.6) is 0 Å². The molecule has 0 bridgehead atoms. The number of carbonyl (C=O) groups excluding carboxylic acids is 1. The van der Waals surface area contributed by atoms with Crippen LogP contribution in [-0.4, -0.2) is 25.9 Å². The predicted molar refractivity (Wildman–Crippen MR) is 98.6 cm³/mol. The zero-order valence-electron chi connectivity index (χ0n) is 14.7. The minimum absolute atomic E-state index is 0.142. The van der Waals surface area contributed by atoms with Crippen LogP contribution in [0.15, 0.2) is 28.5 Å². The van der Waals surface area contributed by atoms with Crippen LogP contribution in [0.25, 0.3) is 0 Å². The number of hydrogen-bond donors (Lipinski definition) is 2. The fraction of sp³-hybridized carbons (Fsp3) is 0.412. The molecular formula is C17H18F3N3O3S2. The van der Waals surface area contributed by atoms with E-state index in [4.69, 9.17) is 0 Å². The molecule has 3 rings (SSSR count). The maximum absolute atomic E-state index is 12.5. The third-order valence-corrected chi connectivity index (χ3v) is 6.53. The Labute approximate surface area is 164 Å². The van der Waals surface area contributed by atoms with Crippen molar-refractivity contribution in [3.05, 3.63) is 40.4 Å². The number of alkyl halides is 3. The van der Waals surface area contributed by atoms with Crippen molar-refractivity contribution in [2.45, 2.75) is 43.2 Å². The number of halogens is 3. The summed E-state index contributed by atoms with van der Waals surface area (Å²) in [6.07, 6.45) is -0.910. The van der Waals surface area contributed by atoms with Crippen molar-refractivity contribution in [2.75, 3.05) is 11.9 Å². The van der Waals surface area contributed by atoms with Gasteiger partial charge in [-0.25, -0.2) is 18.1 Å². The number of anilines is 1. The van der Waals surface area contributed by atoms with E-state index in [1.807, 2.05) is 6.07 Å². The maximum Gasteiger partial charge on any atom is 0.434 e. The summed E-state index contributed by atoms with van der Waals surface area (Å²) < 4.78 is 64.6. The zero-order valence-corrected chi connectivity index (χ0v) is 16.3. The molecule has 152 valence electrons. The summed E-state index contributed by atoms with van der Waals surface area (Å²) in [6, 6.07) is 5.02. The lowest BCUT2D eigenvalue weighted by Gasteiger charge is -2.16. The molecule has 0 saturated carbocycles. The Kier molecular flexibility index (Phi) is 6.06. The Morgan fingerprint density at radius 1 is 1.18 bits per heavy atom. The maximum atomic E-state index is 12.5. The monoisotopic (exact) mass is 433 g/mol. The molecule has 0 fully saturated rings. The summed E-state index contributed by atoms with van der Waals surface area (Å²) in [5, 5.41) is 2.85. The number of nitrogens with zero attached hydrogens (tertiary/aromatic N) is 1. The van der Waals surface area contributed by atoms with E-state index in [-0.39, 0.29) is 23.0 Å². The Hall–Kier alpha value is -1.98. The molecule has 1 aliphatic carbocycles. The van der Waals surface area contributed by atoms with Gasteiger partial charge in [0.25, 0.3) is 0 Å². The highest BCUT2D eigenvalue weighted by Crippen LogP contribution is 2.31. The van der Waals surface area contributed by atoms with Gasteiger partial charge in [0.2, 0.25) is 15.9 Å². The molecule has 0 radical (unpaired) electrons. The van der Waals surface area contributed by atoms with Crippen molar-refractivity contribution in [1.29, 1.82) is 0 Å². The number of amides is 1. The third-order valence-electron chi connectivity index (χ3n) is 4.32. The van der Waals surface area contributed by atoms with E-state index in [1.165, 1.54) is 0 Å². The Morgan fingerprint density at radius 2 is 1.89 bits per heavy atom. The van der Waals surface area contributed by atoms with Crippen LogP contribution in [0, 0.1) is 0 Å². The number of aryl methyl sites for hydroxylation is 2. The summed E-state index contributed by atoms with van der Waals surface area (Å²) in [6.45, 7) is -0.178. The molecule has 1 aromatic heterocycles. The van der Waals surface area contributed by atoms with Gasteiger partial charge in [-0.1, -0.05) is 6.07 Å². The van der Waals surface area contributed by atoms with Gasteiger partial charge in [0.05, 0.1) is 4.90 Å². The Balaban J connectivity index is 1.53. The van der Waals surface area contributed by atoms with Crippen LogP contribution < -0.4 is 10.0 Å². The molecule has 2 aromatic rings. The molecule has 1 aliphatic rings. The normalized spacial score (nSPS) is 14.5. The number of sulfonamides is 1. The molecule has 0 atom stereocenters. The van der Waals surface area contributed by atoms with E-state index in [1.54, 1.807) is 12.1 Å². The summed E-state index contributed by atoms with van der Waals surface area (Å²) >= 11 is 0.652. The molecule has 0 spiro atoms. The van der Waals surface area contributed by atoms with Crippen LogP contribution in [0.3, 0.4) is 0 Å². The number of fused-ring (bicyclic) bond motifs is 1. The molecule has 0 saturated heterocycles. The van der Waals surface area contributed by atoms with Crippen molar-refractivity contribution in [3.63, 3.8) is 0 Å². The first kappa shape index (κ1) is 20.7. The second-order valence-electron chi connectivity index (χ2n) is 6.37. The van der Waals surface area contributed by atoms with E-state index in [0.29, 0.717) is 11.3 Å². The standard InChI is InChI=1S/C17H18F3N3O3S2/c18-17(19,20)14-10-27-16(22-14)23-15(24)7-8-21-28(25,26)13-6-5-11-3-1-2-4-12(11)9-13/h5-6,9-10,21H,1-4,7-8H2,(H,22,23,24). The average molecular weight is 433 g/mol. The number of hydrogen-bond acceptors (Lipinski definition) is 5. The van der Waals surface area contributed by atoms with Crippen molar-refractivity contribution < 1.29 is 26.4 Å². The molecule has 0 unspecified atom stereocenters. The van der Waals surface area contributed by atoms with Gasteiger partial charge in [-0.3, -0.25) is 4.79 Å². The van der Waals surface area contributed by atoms with Crippen molar-refractivity contribution >= 4 is 32.4 Å². The number of carbonyl (C=O) groups is 1. The number of rotatable bonds is 6. The SMILES string of the molecule is O=C(CCNS(=O)(=O)c1ccc2c(c1)CCCC2)Nc1nc(C(F)(F)F)cs1. The predicted octanol–water partition coefficient (Wildman–Crippen LogP) is 3.35. The highest BCUT2D eigenvalue weighted by Gasteiger charge is 2.33. The molecule has 2 N–H and O–H groups in total. The van der Waals surface area contributed by atoms with Gasteiger partial charge < -0.3 is 5.32 Å². The number of aromatic nitrogens is 1. The molecule has 6 nitrogen and oxygen atoms in total. The minimum Gasteiger partial charge on any atom is -0.302 e. The second kappa shape index (κ2) is 8.18. The zero-order chi connectivity index (χ0) is 20.4. The highest BCUT2D eigenvalue weighted by atomic mass is 32.2. The van der Waals surface area contributed by atoms with Crippen LogP contribution in [0.1, 0.15) is 36.1 Å². The molecular weight excluding hydrogens is 415 g/mol. The van der Waals surface area contributed by atoms with Gasteiger partial charge in [0, 0.05) is 18.3 Å². The van der Waals surface area contributed by atoms with E-state index in [2.05, 4.69) is 15.0 Å². The van der Waals surface area contributed by atoms with Gasteiger partial charge in [-0.2, -0.15) is 13.2 Å². The molecule has 1 amide bonds. The van der Waals surface area contributed by atoms with Gasteiger partial charge in [-0.15, -0.1) is 11.3 Å². The van der Waals surface area contributed by atoms with Gasteiger partial charge in [0.1, 0.15) is 0 Å². The molecule has 1 aromatic carbocycles. The van der Waals surface area contributed by atoms with E-state index in [0.717, 1.165) is 42.2 Å². The van der Waals surface area contributed by atoms with Crippen LogP contribution >= 0.6 is 11.3 Å². The Morgan fingerprint density at radius 3 is 2.57 bits per heavy atom. The summed E-state index contributed by atoms with van der Waals surface area (Å²) in [7, 11) is -3.77. The van der Waals surface area contributed by atoms with E-state index < -0.39 is 27.8 Å². The van der Waals surface area contributed by atoms with Gasteiger partial charge >= 0.3 is 6.18 Å². The fourth-order valence-electron chi connectivity index (χ4n) is 2.90. The minimum atomic E-state index is -4.58. The molecule has 11 heteroatoms. The second-order valence-corrected chi connectivity index (χ2v) is 8.99. The van der Waals surface area contributed by atoms with Crippen molar-refractivity contribution in [3.8, 4) is 0 Å². The van der Waals surface area contributed by atoms with E-state index in [9.17, 15) is 26.4 Å².